The number of carboxylic acids is 1. The molecule has 104 valence electrons. The standard InChI is InChI=1S/C14H18BrNO3/c1-10(7-14(18)19)6-13(17)16(2)9-11-4-3-5-12(15)8-11/h3-5,8,10H,6-7,9H2,1-2H3,(H,18,19). The molecule has 0 bridgehead atoms. The summed E-state index contributed by atoms with van der Waals surface area (Å²) < 4.78 is 0.977. The summed E-state index contributed by atoms with van der Waals surface area (Å²) in [6.07, 6.45) is 0.285. The molecule has 1 unspecified atom stereocenters. The SMILES string of the molecule is CC(CC(=O)O)CC(=O)N(C)Cc1cccc(Br)c1. The molecular weight excluding hydrogens is 310 g/mol. The highest BCUT2D eigenvalue weighted by Crippen LogP contribution is 2.15. The monoisotopic (exact) mass is 327 g/mol. The Kier molecular flexibility index (Phi) is 6.02. The predicted octanol–water partition coefficient (Wildman–Crippen LogP) is 2.91. The van der Waals surface area contributed by atoms with Crippen LogP contribution in [0.2, 0.25) is 0 Å². The number of hydrogen-bond acceptors (Lipinski definition) is 2. The van der Waals surface area contributed by atoms with Crippen molar-refractivity contribution in [2.45, 2.75) is 26.3 Å². The van der Waals surface area contributed by atoms with Crippen molar-refractivity contribution in [2.75, 3.05) is 7.05 Å². The molecule has 5 heteroatoms. The van der Waals surface area contributed by atoms with Crippen molar-refractivity contribution >= 4 is 27.8 Å². The van der Waals surface area contributed by atoms with E-state index in [9.17, 15) is 9.59 Å². The first-order valence-electron chi connectivity index (χ1n) is 6.08. The summed E-state index contributed by atoms with van der Waals surface area (Å²) in [5, 5.41) is 8.67. The van der Waals surface area contributed by atoms with Gasteiger partial charge in [-0.25, -0.2) is 0 Å². The van der Waals surface area contributed by atoms with Crippen molar-refractivity contribution in [3.8, 4) is 0 Å². The van der Waals surface area contributed by atoms with E-state index in [2.05, 4.69) is 15.9 Å². The van der Waals surface area contributed by atoms with Crippen molar-refractivity contribution in [3.63, 3.8) is 0 Å². The predicted molar refractivity (Wildman–Crippen MR) is 76.6 cm³/mol. The molecule has 0 fully saturated rings. The van der Waals surface area contributed by atoms with Crippen molar-refractivity contribution < 1.29 is 14.7 Å². The van der Waals surface area contributed by atoms with Crippen molar-refractivity contribution in [1.82, 2.24) is 4.90 Å². The molecule has 19 heavy (non-hydrogen) atoms. The number of amides is 1. The number of hydrogen-bond donors (Lipinski definition) is 1. The zero-order chi connectivity index (χ0) is 14.4. The molecule has 0 heterocycles. The maximum atomic E-state index is 11.9. The Hall–Kier alpha value is -1.36. The summed E-state index contributed by atoms with van der Waals surface area (Å²) in [6.45, 7) is 2.30. The minimum Gasteiger partial charge on any atom is -0.481 e. The Balaban J connectivity index is 2.51. The highest BCUT2D eigenvalue weighted by atomic mass is 79.9. The maximum Gasteiger partial charge on any atom is 0.303 e. The van der Waals surface area contributed by atoms with Crippen LogP contribution in [0, 0.1) is 5.92 Å². The van der Waals surface area contributed by atoms with E-state index in [4.69, 9.17) is 5.11 Å². The summed E-state index contributed by atoms with van der Waals surface area (Å²) in [4.78, 5) is 24.1. The number of halogens is 1. The van der Waals surface area contributed by atoms with Gasteiger partial charge in [0, 0.05) is 30.9 Å². The zero-order valence-electron chi connectivity index (χ0n) is 11.1. The third-order valence-corrected chi connectivity index (χ3v) is 3.27. The summed E-state index contributed by atoms with van der Waals surface area (Å²) in [7, 11) is 1.73. The van der Waals surface area contributed by atoms with Gasteiger partial charge in [-0.2, -0.15) is 0 Å². The van der Waals surface area contributed by atoms with Crippen LogP contribution in [0.15, 0.2) is 28.7 Å². The van der Waals surface area contributed by atoms with Gasteiger partial charge in [0.05, 0.1) is 0 Å². The fraction of sp³-hybridized carbons (Fsp3) is 0.429. The molecule has 0 aromatic heterocycles. The van der Waals surface area contributed by atoms with Gasteiger partial charge in [0.25, 0.3) is 0 Å². The van der Waals surface area contributed by atoms with Gasteiger partial charge in [-0.3, -0.25) is 9.59 Å². The minimum atomic E-state index is -0.866. The first-order chi connectivity index (χ1) is 8.88. The van der Waals surface area contributed by atoms with Gasteiger partial charge in [-0.05, 0) is 23.6 Å². The van der Waals surface area contributed by atoms with Crippen LogP contribution in [0.25, 0.3) is 0 Å². The molecule has 1 N–H and O–H groups in total. The summed E-state index contributed by atoms with van der Waals surface area (Å²) in [5.74, 6) is -1.04. The molecule has 1 aromatic rings. The Bertz CT molecular complexity index is 462. The lowest BCUT2D eigenvalue weighted by atomic mass is 10.0. The molecule has 0 saturated carbocycles. The highest BCUT2D eigenvalue weighted by molar-refractivity contribution is 9.10. The summed E-state index contributed by atoms with van der Waals surface area (Å²) in [5.41, 5.74) is 1.04. The molecule has 1 rings (SSSR count). The van der Waals surface area contributed by atoms with Gasteiger partial charge in [0.2, 0.25) is 5.91 Å². The summed E-state index contributed by atoms with van der Waals surface area (Å²) in [6, 6.07) is 7.77. The highest BCUT2D eigenvalue weighted by Gasteiger charge is 2.16. The first-order valence-corrected chi connectivity index (χ1v) is 6.88. The van der Waals surface area contributed by atoms with E-state index in [1.165, 1.54) is 0 Å². The molecule has 0 aliphatic carbocycles. The Morgan fingerprint density at radius 2 is 2.05 bits per heavy atom. The average Bonchev–Trinajstić information content (AvgIpc) is 2.27. The third kappa shape index (κ3) is 5.87. The van der Waals surface area contributed by atoms with Gasteiger partial charge in [-0.15, -0.1) is 0 Å². The van der Waals surface area contributed by atoms with Gasteiger partial charge < -0.3 is 10.0 Å². The number of rotatable bonds is 6. The quantitative estimate of drug-likeness (QED) is 0.873. The minimum absolute atomic E-state index is 0.0243. The molecule has 4 nitrogen and oxygen atoms in total. The molecule has 0 radical (unpaired) electrons. The second kappa shape index (κ2) is 7.28. The second-order valence-corrected chi connectivity index (χ2v) is 5.70. The van der Waals surface area contributed by atoms with E-state index < -0.39 is 5.97 Å². The lowest BCUT2D eigenvalue weighted by Crippen LogP contribution is -2.28. The number of aliphatic carboxylic acids is 1. The Morgan fingerprint density at radius 1 is 1.37 bits per heavy atom. The second-order valence-electron chi connectivity index (χ2n) is 4.79. The third-order valence-electron chi connectivity index (χ3n) is 2.78. The van der Waals surface area contributed by atoms with E-state index in [1.807, 2.05) is 24.3 Å². The van der Waals surface area contributed by atoms with E-state index >= 15 is 0 Å². The van der Waals surface area contributed by atoms with Crippen LogP contribution >= 0.6 is 15.9 Å². The van der Waals surface area contributed by atoms with Crippen LogP contribution in [0.1, 0.15) is 25.3 Å². The van der Waals surface area contributed by atoms with Crippen LogP contribution in [-0.2, 0) is 16.1 Å². The molecule has 1 atom stereocenters. The largest absolute Gasteiger partial charge is 0.481 e. The van der Waals surface area contributed by atoms with Gasteiger partial charge >= 0.3 is 5.97 Å². The Labute approximate surface area is 121 Å². The number of carbonyl (C=O) groups excluding carboxylic acids is 1. The molecule has 0 aliphatic rings. The molecular formula is C14H18BrNO3. The molecule has 1 amide bonds. The van der Waals surface area contributed by atoms with E-state index in [1.54, 1.807) is 18.9 Å². The van der Waals surface area contributed by atoms with Gasteiger partial charge in [-0.1, -0.05) is 35.0 Å². The van der Waals surface area contributed by atoms with Crippen molar-refractivity contribution in [2.24, 2.45) is 5.92 Å². The number of carbonyl (C=O) groups is 2. The van der Waals surface area contributed by atoms with Crippen LogP contribution < -0.4 is 0 Å². The molecule has 0 spiro atoms. The number of benzene rings is 1. The lowest BCUT2D eigenvalue weighted by Gasteiger charge is -2.19. The number of nitrogens with zero attached hydrogens (tertiary/aromatic N) is 1. The van der Waals surface area contributed by atoms with Crippen LogP contribution in [0.4, 0.5) is 0 Å². The first kappa shape index (κ1) is 15.7. The van der Waals surface area contributed by atoms with E-state index in [0.717, 1.165) is 10.0 Å². The van der Waals surface area contributed by atoms with Crippen LogP contribution in [-0.4, -0.2) is 28.9 Å². The lowest BCUT2D eigenvalue weighted by molar-refractivity contribution is -0.138. The topological polar surface area (TPSA) is 57.6 Å². The fourth-order valence-electron chi connectivity index (χ4n) is 1.82. The maximum absolute atomic E-state index is 11.9. The number of carboxylic acid groups (broad SMARTS) is 1. The van der Waals surface area contributed by atoms with Crippen molar-refractivity contribution in [1.29, 1.82) is 0 Å². The zero-order valence-corrected chi connectivity index (χ0v) is 12.7. The van der Waals surface area contributed by atoms with Crippen LogP contribution in [0.5, 0.6) is 0 Å². The summed E-state index contributed by atoms with van der Waals surface area (Å²) >= 11 is 3.39. The van der Waals surface area contributed by atoms with E-state index in [-0.39, 0.29) is 24.7 Å². The van der Waals surface area contributed by atoms with Gasteiger partial charge in [0.1, 0.15) is 0 Å². The van der Waals surface area contributed by atoms with E-state index in [0.29, 0.717) is 6.54 Å². The van der Waals surface area contributed by atoms with Crippen molar-refractivity contribution in [3.05, 3.63) is 34.3 Å². The fourth-order valence-corrected chi connectivity index (χ4v) is 2.27. The Morgan fingerprint density at radius 3 is 2.63 bits per heavy atom. The average molecular weight is 328 g/mol. The molecule has 0 saturated heterocycles. The normalized spacial score (nSPS) is 11.9. The van der Waals surface area contributed by atoms with Gasteiger partial charge in [0.15, 0.2) is 0 Å². The molecule has 1 aromatic carbocycles. The smallest absolute Gasteiger partial charge is 0.303 e. The van der Waals surface area contributed by atoms with Crippen LogP contribution in [0.3, 0.4) is 0 Å². The molecule has 0 aliphatic heterocycles.